The van der Waals surface area contributed by atoms with Gasteiger partial charge in [0.2, 0.25) is 5.91 Å². The summed E-state index contributed by atoms with van der Waals surface area (Å²) in [4.78, 5) is 17.0. The number of ether oxygens (including phenoxy) is 1. The van der Waals surface area contributed by atoms with Crippen molar-refractivity contribution in [2.24, 2.45) is 5.73 Å². The second kappa shape index (κ2) is 3.26. The van der Waals surface area contributed by atoms with E-state index in [-0.39, 0.29) is 12.5 Å². The number of nitrogens with zero attached hydrogens (tertiary/aromatic N) is 2. The maximum atomic E-state index is 11.6. The van der Waals surface area contributed by atoms with Gasteiger partial charge in [-0.15, -0.1) is 0 Å². The molecule has 14 heavy (non-hydrogen) atoms. The molecule has 0 aromatic carbocycles. The van der Waals surface area contributed by atoms with Crippen LogP contribution in [0.4, 0.5) is 5.69 Å². The molecule has 1 amide bonds. The van der Waals surface area contributed by atoms with E-state index in [1.807, 2.05) is 0 Å². The number of carbonyl (C=O) groups excluding carboxylic acids is 1. The van der Waals surface area contributed by atoms with Gasteiger partial charge in [-0.2, -0.15) is 0 Å². The number of rotatable bonds is 0. The quantitative estimate of drug-likeness (QED) is 0.617. The molecule has 74 valence electrons. The normalized spacial score (nSPS) is 21.1. The number of amides is 1. The number of hydrogen-bond donors (Lipinski definition) is 1. The smallest absolute Gasteiger partial charge is 0.247 e. The van der Waals surface area contributed by atoms with Gasteiger partial charge in [-0.1, -0.05) is 0 Å². The maximum absolute atomic E-state index is 11.6. The molecule has 1 aliphatic heterocycles. The number of carbonyl (C=O) groups is 1. The number of fused-ring (bicyclic) bond motifs is 1. The number of nitrogens with two attached hydrogens (primary N) is 1. The standard InChI is InChI=1S/C9H11N3O2/c1-12-7-2-3-11-4-8(7)14-5-6(10)9(12)13/h2-4,6H,5,10H2,1H3/t6-/m0/s1. The van der Waals surface area contributed by atoms with Gasteiger partial charge in [0.05, 0.1) is 11.9 Å². The van der Waals surface area contributed by atoms with E-state index in [1.165, 1.54) is 4.90 Å². The predicted octanol–water partition coefficient (Wildman–Crippen LogP) is -0.236. The molecule has 0 spiro atoms. The minimum Gasteiger partial charge on any atom is -0.488 e. The van der Waals surface area contributed by atoms with Crippen molar-refractivity contribution >= 4 is 11.6 Å². The highest BCUT2D eigenvalue weighted by molar-refractivity contribution is 5.98. The van der Waals surface area contributed by atoms with Crippen LogP contribution in [0.15, 0.2) is 18.5 Å². The first kappa shape index (κ1) is 8.96. The molecule has 0 bridgehead atoms. The molecule has 1 aliphatic rings. The zero-order valence-electron chi connectivity index (χ0n) is 7.80. The molecule has 0 saturated heterocycles. The molecular weight excluding hydrogens is 182 g/mol. The molecule has 5 nitrogen and oxygen atoms in total. The fourth-order valence-corrected chi connectivity index (χ4v) is 1.38. The fraction of sp³-hybridized carbons (Fsp3) is 0.333. The summed E-state index contributed by atoms with van der Waals surface area (Å²) in [6.07, 6.45) is 3.19. The lowest BCUT2D eigenvalue weighted by molar-refractivity contribution is -0.119. The Bertz CT molecular complexity index is 367. The van der Waals surface area contributed by atoms with Gasteiger partial charge in [0.15, 0.2) is 5.75 Å². The fourth-order valence-electron chi connectivity index (χ4n) is 1.38. The zero-order valence-corrected chi connectivity index (χ0v) is 7.80. The van der Waals surface area contributed by atoms with Crippen LogP contribution >= 0.6 is 0 Å². The van der Waals surface area contributed by atoms with E-state index < -0.39 is 6.04 Å². The minimum atomic E-state index is -0.604. The Morgan fingerprint density at radius 1 is 1.71 bits per heavy atom. The first-order chi connectivity index (χ1) is 6.70. The first-order valence-corrected chi connectivity index (χ1v) is 4.30. The average Bonchev–Trinajstić information content (AvgIpc) is 2.32. The van der Waals surface area contributed by atoms with Crippen molar-refractivity contribution < 1.29 is 9.53 Å². The second-order valence-corrected chi connectivity index (χ2v) is 3.16. The minimum absolute atomic E-state index is 0.144. The molecule has 0 saturated carbocycles. The number of aromatic nitrogens is 1. The van der Waals surface area contributed by atoms with Crippen molar-refractivity contribution in [1.29, 1.82) is 0 Å². The largest absolute Gasteiger partial charge is 0.488 e. The van der Waals surface area contributed by atoms with Crippen molar-refractivity contribution in [2.45, 2.75) is 6.04 Å². The molecule has 2 N–H and O–H groups in total. The monoisotopic (exact) mass is 193 g/mol. The molecular formula is C9H11N3O2. The molecule has 1 atom stereocenters. The van der Waals surface area contributed by atoms with Gasteiger partial charge < -0.3 is 15.4 Å². The molecule has 0 unspecified atom stereocenters. The molecule has 0 radical (unpaired) electrons. The number of anilines is 1. The number of hydrogen-bond acceptors (Lipinski definition) is 4. The Hall–Kier alpha value is -1.62. The topological polar surface area (TPSA) is 68.5 Å². The van der Waals surface area contributed by atoms with Crippen molar-refractivity contribution in [3.8, 4) is 5.75 Å². The van der Waals surface area contributed by atoms with E-state index in [2.05, 4.69) is 4.98 Å². The average molecular weight is 193 g/mol. The first-order valence-electron chi connectivity index (χ1n) is 4.30. The zero-order chi connectivity index (χ0) is 10.1. The van der Waals surface area contributed by atoms with Crippen LogP contribution < -0.4 is 15.4 Å². The number of likely N-dealkylation sites (N-methyl/N-ethyl adjacent to an activating group) is 1. The van der Waals surface area contributed by atoms with Crippen molar-refractivity contribution in [2.75, 3.05) is 18.6 Å². The van der Waals surface area contributed by atoms with Gasteiger partial charge in [-0.3, -0.25) is 9.78 Å². The summed E-state index contributed by atoms with van der Waals surface area (Å²) in [5.41, 5.74) is 6.32. The summed E-state index contributed by atoms with van der Waals surface area (Å²) >= 11 is 0. The molecule has 0 fully saturated rings. The summed E-state index contributed by atoms with van der Waals surface area (Å²) in [5.74, 6) is 0.450. The Morgan fingerprint density at radius 2 is 2.50 bits per heavy atom. The van der Waals surface area contributed by atoms with Crippen LogP contribution in [0.2, 0.25) is 0 Å². The Balaban J connectivity index is 2.45. The molecule has 1 aromatic heterocycles. The highest BCUT2D eigenvalue weighted by Crippen LogP contribution is 2.28. The second-order valence-electron chi connectivity index (χ2n) is 3.16. The summed E-state index contributed by atoms with van der Waals surface area (Å²) in [7, 11) is 1.68. The van der Waals surface area contributed by atoms with Crippen LogP contribution in [0.3, 0.4) is 0 Å². The van der Waals surface area contributed by atoms with E-state index in [0.717, 1.165) is 0 Å². The van der Waals surface area contributed by atoms with Crippen molar-refractivity contribution in [3.63, 3.8) is 0 Å². The highest BCUT2D eigenvalue weighted by atomic mass is 16.5. The Labute approximate surface area is 81.5 Å². The van der Waals surface area contributed by atoms with E-state index in [4.69, 9.17) is 10.5 Å². The van der Waals surface area contributed by atoms with E-state index in [1.54, 1.807) is 25.5 Å². The third-order valence-corrected chi connectivity index (χ3v) is 2.19. The van der Waals surface area contributed by atoms with Gasteiger partial charge in [0.1, 0.15) is 12.6 Å². The summed E-state index contributed by atoms with van der Waals surface area (Å²) in [6.45, 7) is 0.196. The lowest BCUT2D eigenvalue weighted by atomic mass is 10.3. The van der Waals surface area contributed by atoms with Crippen LogP contribution in [-0.4, -0.2) is 30.6 Å². The molecule has 5 heteroatoms. The van der Waals surface area contributed by atoms with Crippen LogP contribution in [0.5, 0.6) is 5.75 Å². The number of pyridine rings is 1. The van der Waals surface area contributed by atoms with Gasteiger partial charge in [-0.25, -0.2) is 0 Å². The lowest BCUT2D eigenvalue weighted by Crippen LogP contribution is -2.43. The van der Waals surface area contributed by atoms with Crippen LogP contribution in [-0.2, 0) is 4.79 Å². The Morgan fingerprint density at radius 3 is 3.29 bits per heavy atom. The van der Waals surface area contributed by atoms with E-state index >= 15 is 0 Å². The Kier molecular flexibility index (Phi) is 2.09. The van der Waals surface area contributed by atoms with Gasteiger partial charge >= 0.3 is 0 Å². The van der Waals surface area contributed by atoms with Crippen molar-refractivity contribution in [3.05, 3.63) is 18.5 Å². The summed E-state index contributed by atoms with van der Waals surface area (Å²) in [6, 6.07) is 1.12. The molecule has 1 aromatic rings. The van der Waals surface area contributed by atoms with Crippen molar-refractivity contribution in [1.82, 2.24) is 4.98 Å². The van der Waals surface area contributed by atoms with Crippen LogP contribution in [0, 0.1) is 0 Å². The maximum Gasteiger partial charge on any atom is 0.247 e. The van der Waals surface area contributed by atoms with Gasteiger partial charge in [0, 0.05) is 13.2 Å². The van der Waals surface area contributed by atoms with Crippen LogP contribution in [0.25, 0.3) is 0 Å². The lowest BCUT2D eigenvalue weighted by Gasteiger charge is -2.16. The van der Waals surface area contributed by atoms with E-state index in [0.29, 0.717) is 11.4 Å². The summed E-state index contributed by atoms with van der Waals surface area (Å²) < 4.78 is 5.35. The predicted molar refractivity (Wildman–Crippen MR) is 51.1 cm³/mol. The third-order valence-electron chi connectivity index (χ3n) is 2.19. The third kappa shape index (κ3) is 1.31. The highest BCUT2D eigenvalue weighted by Gasteiger charge is 2.26. The van der Waals surface area contributed by atoms with Gasteiger partial charge in [0.25, 0.3) is 0 Å². The van der Waals surface area contributed by atoms with Gasteiger partial charge in [-0.05, 0) is 6.07 Å². The van der Waals surface area contributed by atoms with Crippen LogP contribution in [0.1, 0.15) is 0 Å². The molecule has 0 aliphatic carbocycles. The molecule has 2 heterocycles. The SMILES string of the molecule is CN1C(=O)[C@@H](N)COc2cnccc21. The molecule has 2 rings (SSSR count). The van der Waals surface area contributed by atoms with E-state index in [9.17, 15) is 4.79 Å². The summed E-state index contributed by atoms with van der Waals surface area (Å²) in [5, 5.41) is 0.